The fourth-order valence-electron chi connectivity index (χ4n) is 8.59. The molecule has 3 aromatic carbocycles. The first-order valence-electron chi connectivity index (χ1n) is 20.6. The third kappa shape index (κ3) is 10.4. The molecule has 0 spiro atoms. The number of rotatable bonds is 19. The topological polar surface area (TPSA) is 284 Å². The molecule has 11 N–H and O–H groups in total. The quantitative estimate of drug-likeness (QED) is 0.0393. The molecule has 1 heterocycles. The molecular formula is C44H53N9O8. The summed E-state index contributed by atoms with van der Waals surface area (Å²) in [5.74, 6) is -5.52. The molecular weight excluding hydrogens is 783 g/mol. The summed E-state index contributed by atoms with van der Waals surface area (Å²) in [6, 6.07) is 20.2. The summed E-state index contributed by atoms with van der Waals surface area (Å²) in [6.07, 6.45) is 1.23. The van der Waals surface area contributed by atoms with Crippen LogP contribution in [-0.2, 0) is 28.7 Å². The van der Waals surface area contributed by atoms with Gasteiger partial charge in [0.2, 0.25) is 23.6 Å². The predicted molar refractivity (Wildman–Crippen MR) is 225 cm³/mol. The first-order valence-corrected chi connectivity index (χ1v) is 20.6. The maximum atomic E-state index is 13.8. The molecule has 6 rings (SSSR count). The molecule has 1 saturated heterocycles. The van der Waals surface area contributed by atoms with Gasteiger partial charge in [-0.2, -0.15) is 0 Å². The number of nitrogens with one attached hydrogen (secondary N) is 3. The second-order valence-electron chi connectivity index (χ2n) is 15.6. The van der Waals surface area contributed by atoms with Crippen LogP contribution in [0.3, 0.4) is 0 Å². The minimum absolute atomic E-state index is 0.0297. The number of unbranched alkanes of at least 4 members (excludes halogenated alkanes) is 1. The van der Waals surface area contributed by atoms with Crippen LogP contribution in [0.5, 0.6) is 0 Å². The minimum Gasteiger partial charge on any atom is -0.449 e. The highest BCUT2D eigenvalue weighted by Crippen LogP contribution is 2.46. The monoisotopic (exact) mass is 835 g/mol. The molecule has 322 valence electrons. The second-order valence-corrected chi connectivity index (χ2v) is 15.6. The highest BCUT2D eigenvalue weighted by molar-refractivity contribution is 6.08. The number of aliphatic imine (C=N–C) groups is 1. The molecule has 61 heavy (non-hydrogen) atoms. The third-order valence-corrected chi connectivity index (χ3v) is 11.6. The third-order valence-electron chi connectivity index (χ3n) is 11.6. The predicted octanol–water partition coefficient (Wildman–Crippen LogP) is 1.52. The average molecular weight is 836 g/mol. The molecule has 17 heteroatoms. The van der Waals surface area contributed by atoms with Gasteiger partial charge >= 0.3 is 6.09 Å². The van der Waals surface area contributed by atoms with Gasteiger partial charge in [-0.15, -0.1) is 0 Å². The lowest BCUT2D eigenvalue weighted by Crippen LogP contribution is -2.53. The van der Waals surface area contributed by atoms with Crippen LogP contribution < -0.4 is 38.9 Å². The van der Waals surface area contributed by atoms with Crippen molar-refractivity contribution in [1.29, 1.82) is 0 Å². The largest absolute Gasteiger partial charge is 0.449 e. The van der Waals surface area contributed by atoms with E-state index in [1.54, 1.807) is 12.1 Å². The van der Waals surface area contributed by atoms with Gasteiger partial charge in [0, 0.05) is 49.9 Å². The standard InChI is InChI=1S/C44H53N9O8/c45-18-6-5-12-35(38(46)55)51-40(57)36(13-7-19-49-43(47)48)52-39(56)26-16-14-25(15-17-26)32-22-27(54)23-33-37(32)42(59)53(41(33)58)21-20-50-44(60)61-24-34-30-10-3-1-8-28(30)29-9-2-4-11-31(29)34/h1-4,8-11,14-17,32-37H,5-7,12-13,18-24,45H2,(H2,46,55)(H,50,60)(H,51,57)(H,52,56)(H4,47,48,49)/t32?,33?,35-,36-,37?/m0/s1. The van der Waals surface area contributed by atoms with Gasteiger partial charge < -0.3 is 43.6 Å². The zero-order valence-electron chi connectivity index (χ0n) is 33.8. The molecule has 0 radical (unpaired) electrons. The van der Waals surface area contributed by atoms with E-state index in [1.165, 1.54) is 12.1 Å². The van der Waals surface area contributed by atoms with Gasteiger partial charge in [0.05, 0.1) is 11.8 Å². The number of amides is 6. The normalized spacial score (nSPS) is 18.9. The SMILES string of the molecule is NCCCC[C@H](NC(=O)[C@H](CCCN=C(N)N)NC(=O)c1ccc(C2CC(=O)CC3C(=O)N(CCNC(=O)OCC4c5ccccc5-c5ccccc54)C(=O)C32)cc1)C(N)=O. The maximum absolute atomic E-state index is 13.8. The molecule has 1 aliphatic heterocycles. The van der Waals surface area contributed by atoms with Crippen LogP contribution in [-0.4, -0.2) is 97.1 Å². The number of hydrogen-bond donors (Lipinski definition) is 7. The molecule has 5 atom stereocenters. The molecule has 3 unspecified atom stereocenters. The molecule has 3 aromatic rings. The molecule has 0 bridgehead atoms. The van der Waals surface area contributed by atoms with Crippen LogP contribution in [0.2, 0.25) is 0 Å². The summed E-state index contributed by atoms with van der Waals surface area (Å²) >= 11 is 0. The Balaban J connectivity index is 1.06. The van der Waals surface area contributed by atoms with Crippen molar-refractivity contribution in [1.82, 2.24) is 20.9 Å². The Morgan fingerprint density at radius 3 is 2.05 bits per heavy atom. The van der Waals surface area contributed by atoms with Crippen molar-refractivity contribution in [3.63, 3.8) is 0 Å². The van der Waals surface area contributed by atoms with Crippen molar-refractivity contribution in [3.8, 4) is 11.1 Å². The summed E-state index contributed by atoms with van der Waals surface area (Å²) in [7, 11) is 0. The Bertz CT molecular complexity index is 2130. The molecule has 2 aliphatic carbocycles. The number of ketones is 1. The van der Waals surface area contributed by atoms with Crippen molar-refractivity contribution in [2.75, 3.05) is 32.8 Å². The van der Waals surface area contributed by atoms with Gasteiger partial charge in [-0.05, 0) is 78.6 Å². The second kappa shape index (κ2) is 20.1. The lowest BCUT2D eigenvalue weighted by Gasteiger charge is -2.30. The van der Waals surface area contributed by atoms with Crippen molar-refractivity contribution in [3.05, 3.63) is 95.1 Å². The molecule has 3 aliphatic rings. The molecule has 6 amide bonds. The van der Waals surface area contributed by atoms with E-state index >= 15 is 0 Å². The van der Waals surface area contributed by atoms with E-state index in [2.05, 4.69) is 20.9 Å². The Hall–Kier alpha value is -6.62. The first-order chi connectivity index (χ1) is 29.4. The number of ether oxygens (including phenoxy) is 1. The first kappa shape index (κ1) is 43.9. The zero-order chi connectivity index (χ0) is 43.6. The summed E-state index contributed by atoms with van der Waals surface area (Å²) in [5.41, 5.74) is 27.1. The van der Waals surface area contributed by atoms with Crippen LogP contribution >= 0.6 is 0 Å². The van der Waals surface area contributed by atoms with E-state index in [4.69, 9.17) is 27.7 Å². The number of likely N-dealkylation sites (tertiary alicyclic amines) is 1. The van der Waals surface area contributed by atoms with Gasteiger partial charge in [-0.3, -0.25) is 38.7 Å². The van der Waals surface area contributed by atoms with Crippen molar-refractivity contribution in [2.45, 2.75) is 68.9 Å². The average Bonchev–Trinajstić information content (AvgIpc) is 3.69. The maximum Gasteiger partial charge on any atom is 0.407 e. The summed E-state index contributed by atoms with van der Waals surface area (Å²) in [6.45, 7) is 0.588. The number of carbonyl (C=O) groups excluding carboxylic acids is 7. The van der Waals surface area contributed by atoms with Gasteiger partial charge in [-0.1, -0.05) is 60.7 Å². The van der Waals surface area contributed by atoms with Gasteiger partial charge in [0.1, 0.15) is 24.5 Å². The fraction of sp³-hybridized carbons (Fsp3) is 0.409. The van der Waals surface area contributed by atoms with Crippen LogP contribution in [0.15, 0.2) is 77.8 Å². The van der Waals surface area contributed by atoms with Crippen LogP contribution in [0.4, 0.5) is 4.79 Å². The lowest BCUT2D eigenvalue weighted by atomic mass is 9.70. The Labute approximate surface area is 353 Å². The van der Waals surface area contributed by atoms with Crippen molar-refractivity contribution >= 4 is 47.4 Å². The Morgan fingerprint density at radius 2 is 1.41 bits per heavy atom. The lowest BCUT2D eigenvalue weighted by molar-refractivity contribution is -0.140. The number of fused-ring (bicyclic) bond motifs is 4. The van der Waals surface area contributed by atoms with E-state index in [1.807, 2.05) is 48.5 Å². The summed E-state index contributed by atoms with van der Waals surface area (Å²) in [4.78, 5) is 97.1. The Kier molecular flexibility index (Phi) is 14.5. The highest BCUT2D eigenvalue weighted by atomic mass is 16.5. The number of primary amides is 1. The molecule has 0 aromatic heterocycles. The van der Waals surface area contributed by atoms with E-state index < -0.39 is 65.5 Å². The van der Waals surface area contributed by atoms with Crippen molar-refractivity contribution < 1.29 is 38.3 Å². The van der Waals surface area contributed by atoms with Crippen LogP contribution in [0.1, 0.15) is 83.8 Å². The van der Waals surface area contributed by atoms with Crippen LogP contribution in [0.25, 0.3) is 11.1 Å². The van der Waals surface area contributed by atoms with E-state index in [-0.39, 0.29) is 75.1 Å². The number of imide groups is 1. The van der Waals surface area contributed by atoms with Gasteiger partial charge in [-0.25, -0.2) is 4.79 Å². The number of benzene rings is 3. The number of Topliss-reactive ketones (excluding diaryl/α,β-unsaturated/α-hetero) is 1. The smallest absolute Gasteiger partial charge is 0.407 e. The zero-order valence-corrected chi connectivity index (χ0v) is 33.8. The van der Waals surface area contributed by atoms with Gasteiger partial charge in [0.25, 0.3) is 5.91 Å². The molecule has 2 fully saturated rings. The minimum atomic E-state index is -1.07. The highest BCUT2D eigenvalue weighted by Gasteiger charge is 2.54. The van der Waals surface area contributed by atoms with E-state index in [0.717, 1.165) is 27.2 Å². The number of carbonyl (C=O) groups is 7. The van der Waals surface area contributed by atoms with Crippen molar-refractivity contribution in [2.24, 2.45) is 39.8 Å². The number of nitrogens with zero attached hydrogens (tertiary/aromatic N) is 2. The van der Waals surface area contributed by atoms with E-state index in [0.29, 0.717) is 31.4 Å². The van der Waals surface area contributed by atoms with E-state index in [9.17, 15) is 33.6 Å². The fourth-order valence-corrected chi connectivity index (χ4v) is 8.59. The number of hydrogen-bond acceptors (Lipinski definition) is 10. The number of alkyl carbamates (subject to hydrolysis) is 1. The summed E-state index contributed by atoms with van der Waals surface area (Å²) in [5, 5.41) is 8.01. The van der Waals surface area contributed by atoms with Crippen LogP contribution in [0, 0.1) is 11.8 Å². The molecule has 17 nitrogen and oxygen atoms in total. The number of nitrogens with two attached hydrogens (primary N) is 4. The van der Waals surface area contributed by atoms with Gasteiger partial charge in [0.15, 0.2) is 5.96 Å². The Morgan fingerprint density at radius 1 is 0.770 bits per heavy atom. The molecule has 1 saturated carbocycles. The summed E-state index contributed by atoms with van der Waals surface area (Å²) < 4.78 is 5.61. The number of guanidine groups is 1.